The molecule has 2 unspecified atom stereocenters. The fourth-order valence-corrected chi connectivity index (χ4v) is 2.15. The molecule has 1 heterocycles. The lowest BCUT2D eigenvalue weighted by Crippen LogP contribution is -2.32. The van der Waals surface area contributed by atoms with Crippen LogP contribution in [0.25, 0.3) is 0 Å². The van der Waals surface area contributed by atoms with E-state index in [0.717, 1.165) is 24.3 Å². The molecule has 1 aromatic rings. The summed E-state index contributed by atoms with van der Waals surface area (Å²) in [5, 5.41) is 10.6. The number of hydrogen-bond donors (Lipinski definition) is 1. The predicted octanol–water partition coefficient (Wildman–Crippen LogP) is 1.94. The van der Waals surface area contributed by atoms with E-state index in [1.54, 1.807) is 7.11 Å². The molecule has 0 bridgehead atoms. The summed E-state index contributed by atoms with van der Waals surface area (Å²) in [6.07, 6.45) is 0.907. The highest BCUT2D eigenvalue weighted by molar-refractivity contribution is 5.32. The SMILES string of the molecule is COc1cccc(C(C)(O)C2CCOC2)c1. The molecule has 1 fully saturated rings. The monoisotopic (exact) mass is 222 g/mol. The van der Waals surface area contributed by atoms with Crippen molar-refractivity contribution in [3.63, 3.8) is 0 Å². The van der Waals surface area contributed by atoms with Gasteiger partial charge in [-0.05, 0) is 31.0 Å². The van der Waals surface area contributed by atoms with E-state index in [-0.39, 0.29) is 5.92 Å². The Morgan fingerprint density at radius 1 is 1.50 bits per heavy atom. The maximum Gasteiger partial charge on any atom is 0.119 e. The lowest BCUT2D eigenvalue weighted by Gasteiger charge is -2.29. The van der Waals surface area contributed by atoms with Gasteiger partial charge in [0, 0.05) is 12.5 Å². The topological polar surface area (TPSA) is 38.7 Å². The van der Waals surface area contributed by atoms with Crippen LogP contribution >= 0.6 is 0 Å². The fourth-order valence-electron chi connectivity index (χ4n) is 2.15. The zero-order valence-electron chi connectivity index (χ0n) is 9.77. The molecule has 2 atom stereocenters. The zero-order chi connectivity index (χ0) is 11.6. The first-order valence-electron chi connectivity index (χ1n) is 5.59. The van der Waals surface area contributed by atoms with E-state index < -0.39 is 5.60 Å². The molecule has 0 aromatic heterocycles. The van der Waals surface area contributed by atoms with E-state index in [4.69, 9.17) is 9.47 Å². The van der Waals surface area contributed by atoms with Crippen molar-refractivity contribution in [1.82, 2.24) is 0 Å². The molecule has 0 radical (unpaired) electrons. The van der Waals surface area contributed by atoms with E-state index in [0.29, 0.717) is 6.61 Å². The maximum absolute atomic E-state index is 10.6. The average molecular weight is 222 g/mol. The summed E-state index contributed by atoms with van der Waals surface area (Å²) in [6.45, 7) is 3.22. The quantitative estimate of drug-likeness (QED) is 0.849. The van der Waals surface area contributed by atoms with Crippen LogP contribution in [0.15, 0.2) is 24.3 Å². The van der Waals surface area contributed by atoms with Gasteiger partial charge in [0.1, 0.15) is 5.75 Å². The highest BCUT2D eigenvalue weighted by Crippen LogP contribution is 2.35. The Bertz CT molecular complexity index is 354. The molecule has 0 spiro atoms. The summed E-state index contributed by atoms with van der Waals surface area (Å²) in [7, 11) is 1.63. The Labute approximate surface area is 96.0 Å². The molecular weight excluding hydrogens is 204 g/mol. The van der Waals surface area contributed by atoms with E-state index in [1.165, 1.54) is 0 Å². The second kappa shape index (κ2) is 4.44. The lowest BCUT2D eigenvalue weighted by molar-refractivity contribution is -0.00986. The number of methoxy groups -OCH3 is 1. The van der Waals surface area contributed by atoms with Gasteiger partial charge in [-0.25, -0.2) is 0 Å². The van der Waals surface area contributed by atoms with Gasteiger partial charge in [0.2, 0.25) is 0 Å². The van der Waals surface area contributed by atoms with Crippen LogP contribution in [0.3, 0.4) is 0 Å². The zero-order valence-corrected chi connectivity index (χ0v) is 9.77. The van der Waals surface area contributed by atoms with E-state index >= 15 is 0 Å². The van der Waals surface area contributed by atoms with Crippen molar-refractivity contribution in [2.45, 2.75) is 18.9 Å². The molecule has 1 aliphatic rings. The van der Waals surface area contributed by atoms with Gasteiger partial charge in [0.05, 0.1) is 19.3 Å². The molecule has 88 valence electrons. The van der Waals surface area contributed by atoms with Crippen LogP contribution < -0.4 is 4.74 Å². The van der Waals surface area contributed by atoms with Crippen molar-refractivity contribution in [2.24, 2.45) is 5.92 Å². The van der Waals surface area contributed by atoms with Crippen molar-refractivity contribution in [2.75, 3.05) is 20.3 Å². The Morgan fingerprint density at radius 3 is 2.94 bits per heavy atom. The fraction of sp³-hybridized carbons (Fsp3) is 0.538. The minimum atomic E-state index is -0.842. The Kier molecular flexibility index (Phi) is 3.17. The summed E-state index contributed by atoms with van der Waals surface area (Å²) in [5.74, 6) is 0.941. The van der Waals surface area contributed by atoms with Gasteiger partial charge >= 0.3 is 0 Å². The largest absolute Gasteiger partial charge is 0.497 e. The maximum atomic E-state index is 10.6. The van der Waals surface area contributed by atoms with Gasteiger partial charge in [0.15, 0.2) is 0 Å². The van der Waals surface area contributed by atoms with Crippen molar-refractivity contribution in [1.29, 1.82) is 0 Å². The molecule has 1 N–H and O–H groups in total. The van der Waals surface area contributed by atoms with E-state index in [1.807, 2.05) is 31.2 Å². The molecule has 0 saturated carbocycles. The standard InChI is InChI=1S/C13H18O3/c1-13(14,11-6-7-16-9-11)10-4-3-5-12(8-10)15-2/h3-5,8,11,14H,6-7,9H2,1-2H3. The molecule has 1 aliphatic heterocycles. The first-order valence-corrected chi connectivity index (χ1v) is 5.59. The third-order valence-corrected chi connectivity index (χ3v) is 3.38. The smallest absolute Gasteiger partial charge is 0.119 e. The molecular formula is C13H18O3. The normalized spacial score (nSPS) is 24.1. The highest BCUT2D eigenvalue weighted by Gasteiger charge is 2.36. The molecule has 3 heteroatoms. The second-order valence-electron chi connectivity index (χ2n) is 4.44. The molecule has 3 nitrogen and oxygen atoms in total. The van der Waals surface area contributed by atoms with Crippen LogP contribution in [0.2, 0.25) is 0 Å². The Balaban J connectivity index is 2.26. The van der Waals surface area contributed by atoms with Crippen LogP contribution in [-0.4, -0.2) is 25.4 Å². The van der Waals surface area contributed by atoms with Crippen molar-refractivity contribution in [3.05, 3.63) is 29.8 Å². The van der Waals surface area contributed by atoms with Gasteiger partial charge in [-0.15, -0.1) is 0 Å². The third kappa shape index (κ3) is 2.06. The van der Waals surface area contributed by atoms with Crippen LogP contribution in [0.1, 0.15) is 18.9 Å². The predicted molar refractivity (Wildman–Crippen MR) is 61.5 cm³/mol. The molecule has 1 saturated heterocycles. The van der Waals surface area contributed by atoms with Crippen molar-refractivity contribution >= 4 is 0 Å². The summed E-state index contributed by atoms with van der Waals surface area (Å²) in [4.78, 5) is 0. The van der Waals surface area contributed by atoms with Crippen LogP contribution in [0.4, 0.5) is 0 Å². The molecule has 1 aromatic carbocycles. The van der Waals surface area contributed by atoms with Crippen molar-refractivity contribution in [3.8, 4) is 5.75 Å². The van der Waals surface area contributed by atoms with Gasteiger partial charge in [-0.3, -0.25) is 0 Å². The number of ether oxygens (including phenoxy) is 2. The number of aliphatic hydroxyl groups is 1. The lowest BCUT2D eigenvalue weighted by atomic mass is 9.82. The minimum Gasteiger partial charge on any atom is -0.497 e. The average Bonchev–Trinajstić information content (AvgIpc) is 2.83. The molecule has 0 aliphatic carbocycles. The Morgan fingerprint density at radius 2 is 2.31 bits per heavy atom. The van der Waals surface area contributed by atoms with Gasteiger partial charge in [-0.1, -0.05) is 12.1 Å². The van der Waals surface area contributed by atoms with Gasteiger partial charge in [-0.2, -0.15) is 0 Å². The summed E-state index contributed by atoms with van der Waals surface area (Å²) < 4.78 is 10.5. The van der Waals surface area contributed by atoms with Crippen LogP contribution in [-0.2, 0) is 10.3 Å². The van der Waals surface area contributed by atoms with Crippen molar-refractivity contribution < 1.29 is 14.6 Å². The minimum absolute atomic E-state index is 0.166. The number of rotatable bonds is 3. The second-order valence-corrected chi connectivity index (χ2v) is 4.44. The van der Waals surface area contributed by atoms with Gasteiger partial charge in [0.25, 0.3) is 0 Å². The molecule has 0 amide bonds. The van der Waals surface area contributed by atoms with E-state index in [2.05, 4.69) is 0 Å². The number of hydrogen-bond acceptors (Lipinski definition) is 3. The molecule has 16 heavy (non-hydrogen) atoms. The third-order valence-electron chi connectivity index (χ3n) is 3.38. The summed E-state index contributed by atoms with van der Waals surface area (Å²) >= 11 is 0. The van der Waals surface area contributed by atoms with Gasteiger partial charge < -0.3 is 14.6 Å². The van der Waals surface area contributed by atoms with E-state index in [9.17, 15) is 5.11 Å². The van der Waals surface area contributed by atoms with Crippen LogP contribution in [0, 0.1) is 5.92 Å². The highest BCUT2D eigenvalue weighted by atomic mass is 16.5. The van der Waals surface area contributed by atoms with Crippen LogP contribution in [0.5, 0.6) is 5.75 Å². The molecule has 2 rings (SSSR count). The number of benzene rings is 1. The first-order chi connectivity index (χ1) is 7.64. The first kappa shape index (κ1) is 11.4. The Hall–Kier alpha value is -1.06. The summed E-state index contributed by atoms with van der Waals surface area (Å²) in [5.41, 5.74) is 0.0488. The summed E-state index contributed by atoms with van der Waals surface area (Å²) in [6, 6.07) is 7.60.